The Morgan fingerprint density at radius 3 is 2.94 bits per heavy atom. The van der Waals surface area contributed by atoms with Crippen molar-refractivity contribution in [2.45, 2.75) is 31.8 Å². The number of hydrogen-bond donors (Lipinski definition) is 4. The minimum atomic E-state index is -0.531. The summed E-state index contributed by atoms with van der Waals surface area (Å²) in [5.41, 5.74) is 8.86. The summed E-state index contributed by atoms with van der Waals surface area (Å²) in [6.45, 7) is 1.78. The van der Waals surface area contributed by atoms with Crippen LogP contribution >= 0.6 is 0 Å². The summed E-state index contributed by atoms with van der Waals surface area (Å²) in [5, 5.41) is 9.94. The maximum Gasteiger partial charge on any atom is 0.267 e. The summed E-state index contributed by atoms with van der Waals surface area (Å²) in [6, 6.07) is 17.1. The molecule has 0 saturated heterocycles. The van der Waals surface area contributed by atoms with Crippen molar-refractivity contribution in [2.75, 3.05) is 13.7 Å². The smallest absolute Gasteiger partial charge is 0.267 e. The molecule has 1 atom stereocenters. The number of rotatable bonds is 9. The summed E-state index contributed by atoms with van der Waals surface area (Å²) in [7, 11) is 1.69. The van der Waals surface area contributed by atoms with Crippen LogP contribution in [-0.2, 0) is 24.2 Å². The summed E-state index contributed by atoms with van der Waals surface area (Å²) < 4.78 is 5.36. The van der Waals surface area contributed by atoms with Crippen molar-refractivity contribution in [3.05, 3.63) is 94.9 Å². The Labute approximate surface area is 204 Å². The number of hydrogen-bond acceptors (Lipinski definition) is 4. The van der Waals surface area contributed by atoms with Crippen LogP contribution in [0.4, 0.5) is 0 Å². The van der Waals surface area contributed by atoms with Gasteiger partial charge in [0.1, 0.15) is 5.75 Å². The second-order valence-corrected chi connectivity index (χ2v) is 8.96. The Balaban J connectivity index is 1.37. The minimum Gasteiger partial charge on any atom is -0.497 e. The molecule has 7 heteroatoms. The lowest BCUT2D eigenvalue weighted by Gasteiger charge is -2.29. The summed E-state index contributed by atoms with van der Waals surface area (Å²) >= 11 is 0. The number of fused-ring (bicyclic) bond motifs is 2. The number of aromatic nitrogens is 2. The van der Waals surface area contributed by atoms with Gasteiger partial charge in [0.05, 0.1) is 7.11 Å². The van der Waals surface area contributed by atoms with Gasteiger partial charge in [-0.25, -0.2) is 5.48 Å². The summed E-state index contributed by atoms with van der Waals surface area (Å²) in [4.78, 5) is 20.6. The molecule has 7 nitrogen and oxygen atoms in total. The van der Waals surface area contributed by atoms with E-state index in [1.54, 1.807) is 18.7 Å². The number of benzene rings is 2. The largest absolute Gasteiger partial charge is 0.497 e. The third-order valence-electron chi connectivity index (χ3n) is 6.87. The minimum absolute atomic E-state index is 0.331. The van der Waals surface area contributed by atoms with Crippen LogP contribution in [0.5, 0.6) is 5.75 Å². The highest BCUT2D eigenvalue weighted by Crippen LogP contribution is 2.37. The molecule has 2 heterocycles. The van der Waals surface area contributed by atoms with Crippen LogP contribution in [0.1, 0.15) is 40.4 Å². The standard InChI is InChI=1S/C28H30N4O3/c1-35-23-7-9-24-21(17-30-26(24)16-23)12-14-32(18-22-3-2-13-29-22)27-10-6-20-15-19(4-8-25(20)27)5-11-28(33)31-34/h2-5,7-9,11,13,15-17,27,29-30,34H,6,10,12,14,18H2,1H3,(H,31,33)/b11-5+. The van der Waals surface area contributed by atoms with Crippen molar-refractivity contribution < 1.29 is 14.7 Å². The third kappa shape index (κ3) is 5.01. The van der Waals surface area contributed by atoms with E-state index in [1.165, 1.54) is 33.8 Å². The maximum atomic E-state index is 11.3. The average Bonchev–Trinajstić information content (AvgIpc) is 3.64. The molecule has 0 aliphatic heterocycles. The Kier molecular flexibility index (Phi) is 6.70. The van der Waals surface area contributed by atoms with Gasteiger partial charge in [0, 0.05) is 60.3 Å². The first-order chi connectivity index (χ1) is 17.1. The molecule has 35 heavy (non-hydrogen) atoms. The lowest BCUT2D eigenvalue weighted by molar-refractivity contribution is -0.124. The first-order valence-electron chi connectivity index (χ1n) is 11.9. The molecule has 0 fully saturated rings. The molecule has 1 unspecified atom stereocenters. The quantitative estimate of drug-likeness (QED) is 0.161. The van der Waals surface area contributed by atoms with Crippen LogP contribution in [0.15, 0.2) is 67.0 Å². The molecule has 4 N–H and O–H groups in total. The molecular weight excluding hydrogens is 440 g/mol. The second kappa shape index (κ2) is 10.2. The number of nitrogens with one attached hydrogen (secondary N) is 3. The number of H-pyrrole nitrogens is 2. The SMILES string of the molecule is COc1ccc2c(CCN(Cc3ccc[nH]3)C3CCc4cc(/C=C/C(=O)NO)ccc43)c[nH]c2c1. The molecule has 0 saturated carbocycles. The van der Waals surface area contributed by atoms with Gasteiger partial charge in [-0.15, -0.1) is 0 Å². The molecule has 0 spiro atoms. The molecule has 4 aromatic rings. The van der Waals surface area contributed by atoms with Gasteiger partial charge < -0.3 is 14.7 Å². The molecule has 1 aliphatic carbocycles. The van der Waals surface area contributed by atoms with Crippen molar-refractivity contribution in [1.82, 2.24) is 20.3 Å². The van der Waals surface area contributed by atoms with E-state index in [0.29, 0.717) is 6.04 Å². The fourth-order valence-electron chi connectivity index (χ4n) is 5.10. The first-order valence-corrected chi connectivity index (χ1v) is 11.9. The van der Waals surface area contributed by atoms with Gasteiger partial charge >= 0.3 is 0 Å². The highest BCUT2D eigenvalue weighted by Gasteiger charge is 2.28. The Morgan fingerprint density at radius 2 is 2.14 bits per heavy atom. The van der Waals surface area contributed by atoms with Crippen molar-refractivity contribution in [3.8, 4) is 5.75 Å². The van der Waals surface area contributed by atoms with E-state index >= 15 is 0 Å². The predicted molar refractivity (Wildman–Crippen MR) is 136 cm³/mol. The van der Waals surface area contributed by atoms with Crippen molar-refractivity contribution in [1.29, 1.82) is 0 Å². The lowest BCUT2D eigenvalue weighted by atomic mass is 10.0. The topological polar surface area (TPSA) is 93.4 Å². The van der Waals surface area contributed by atoms with Gasteiger partial charge in [0.2, 0.25) is 0 Å². The molecule has 5 rings (SSSR count). The Bertz CT molecular complexity index is 1340. The van der Waals surface area contributed by atoms with E-state index in [9.17, 15) is 4.79 Å². The number of amides is 1. The van der Waals surface area contributed by atoms with E-state index in [2.05, 4.69) is 45.3 Å². The van der Waals surface area contributed by atoms with Gasteiger partial charge in [0.25, 0.3) is 5.91 Å². The van der Waals surface area contributed by atoms with Crippen LogP contribution in [-0.4, -0.2) is 39.6 Å². The third-order valence-corrected chi connectivity index (χ3v) is 6.87. The van der Waals surface area contributed by atoms with Crippen LogP contribution in [0, 0.1) is 0 Å². The van der Waals surface area contributed by atoms with E-state index in [1.807, 2.05) is 30.5 Å². The molecule has 2 aromatic heterocycles. The number of carbonyl (C=O) groups is 1. The zero-order valence-electron chi connectivity index (χ0n) is 19.8. The molecule has 1 amide bonds. The van der Waals surface area contributed by atoms with E-state index in [-0.39, 0.29) is 0 Å². The number of aromatic amines is 2. The molecular formula is C28H30N4O3. The summed E-state index contributed by atoms with van der Waals surface area (Å²) in [6.07, 6.45) is 10.2. The van der Waals surface area contributed by atoms with E-state index in [4.69, 9.17) is 9.94 Å². The fraction of sp³-hybridized carbons (Fsp3) is 0.250. The summed E-state index contributed by atoms with van der Waals surface area (Å²) in [5.74, 6) is 0.323. The lowest BCUT2D eigenvalue weighted by Crippen LogP contribution is -2.29. The average molecular weight is 471 g/mol. The van der Waals surface area contributed by atoms with Gasteiger partial charge in [-0.1, -0.05) is 18.2 Å². The van der Waals surface area contributed by atoms with Gasteiger partial charge in [-0.2, -0.15) is 0 Å². The Hall–Kier alpha value is -3.81. The van der Waals surface area contributed by atoms with Crippen molar-refractivity contribution in [3.63, 3.8) is 0 Å². The molecule has 2 aromatic carbocycles. The molecule has 1 aliphatic rings. The van der Waals surface area contributed by atoms with E-state index in [0.717, 1.165) is 49.2 Å². The fourth-order valence-corrected chi connectivity index (χ4v) is 5.10. The normalized spacial score (nSPS) is 15.2. The van der Waals surface area contributed by atoms with Crippen LogP contribution < -0.4 is 10.2 Å². The van der Waals surface area contributed by atoms with Crippen molar-refractivity contribution in [2.24, 2.45) is 0 Å². The zero-order valence-corrected chi connectivity index (χ0v) is 19.8. The van der Waals surface area contributed by atoms with Crippen LogP contribution in [0.25, 0.3) is 17.0 Å². The maximum absolute atomic E-state index is 11.3. The monoisotopic (exact) mass is 470 g/mol. The molecule has 180 valence electrons. The van der Waals surface area contributed by atoms with E-state index < -0.39 is 5.91 Å². The highest BCUT2D eigenvalue weighted by molar-refractivity contribution is 5.90. The van der Waals surface area contributed by atoms with Gasteiger partial charge in [0.15, 0.2) is 0 Å². The number of aryl methyl sites for hydroxylation is 1. The first kappa shape index (κ1) is 23.0. The number of hydroxylamine groups is 1. The molecule has 0 bridgehead atoms. The van der Waals surface area contributed by atoms with Crippen LogP contribution in [0.2, 0.25) is 0 Å². The molecule has 0 radical (unpaired) electrons. The van der Waals surface area contributed by atoms with Crippen molar-refractivity contribution >= 4 is 22.9 Å². The predicted octanol–water partition coefficient (Wildman–Crippen LogP) is 4.76. The van der Waals surface area contributed by atoms with Gasteiger partial charge in [-0.3, -0.25) is 14.9 Å². The number of ether oxygens (including phenoxy) is 1. The number of nitrogens with zero attached hydrogens (tertiary/aromatic N) is 1. The number of carbonyl (C=O) groups excluding carboxylic acids is 1. The second-order valence-electron chi connectivity index (χ2n) is 8.96. The number of methoxy groups -OCH3 is 1. The highest BCUT2D eigenvalue weighted by atomic mass is 16.5. The van der Waals surface area contributed by atoms with Gasteiger partial charge in [-0.05, 0) is 71.9 Å². The Morgan fingerprint density at radius 1 is 1.23 bits per heavy atom. The zero-order chi connectivity index (χ0) is 24.2. The van der Waals surface area contributed by atoms with Crippen LogP contribution in [0.3, 0.4) is 0 Å².